The molecule has 0 aliphatic heterocycles. The van der Waals surface area contributed by atoms with Gasteiger partial charge >= 0.3 is 11.9 Å². The molecule has 112 valence electrons. The van der Waals surface area contributed by atoms with E-state index in [0.717, 1.165) is 11.1 Å². The molecule has 22 heavy (non-hydrogen) atoms. The van der Waals surface area contributed by atoms with Crippen molar-refractivity contribution in [2.24, 2.45) is 0 Å². The van der Waals surface area contributed by atoms with E-state index in [1.807, 2.05) is 13.8 Å². The van der Waals surface area contributed by atoms with Gasteiger partial charge in [0.05, 0.1) is 11.1 Å². The minimum Gasteiger partial charge on any atom is -0.478 e. The first-order chi connectivity index (χ1) is 10.4. The number of rotatable bonds is 4. The van der Waals surface area contributed by atoms with Crippen LogP contribution in [0.15, 0.2) is 48.5 Å². The third-order valence-corrected chi connectivity index (χ3v) is 3.36. The summed E-state index contributed by atoms with van der Waals surface area (Å²) in [6, 6.07) is 13.5. The van der Waals surface area contributed by atoms with Crippen LogP contribution in [0.3, 0.4) is 0 Å². The Kier molecular flexibility index (Phi) is 4.41. The van der Waals surface area contributed by atoms with Crippen LogP contribution >= 0.6 is 0 Å². The third kappa shape index (κ3) is 3.23. The maximum atomic E-state index is 11.6. The van der Waals surface area contributed by atoms with E-state index in [-0.39, 0.29) is 11.1 Å². The van der Waals surface area contributed by atoms with Crippen LogP contribution in [0, 0.1) is 13.8 Å². The molecule has 0 aromatic heterocycles. The highest BCUT2D eigenvalue weighted by atomic mass is 16.4. The van der Waals surface area contributed by atoms with Crippen molar-refractivity contribution in [3.05, 3.63) is 70.8 Å². The number of aryl methyl sites for hydroxylation is 2. The van der Waals surface area contributed by atoms with Gasteiger partial charge in [-0.25, -0.2) is 9.59 Å². The molecular weight excluding hydrogens is 280 g/mol. The highest BCUT2D eigenvalue weighted by Crippen LogP contribution is 2.27. The molecular formula is C18H16O4. The number of carbonyl (C=O) groups is 2. The molecule has 2 rings (SSSR count). The van der Waals surface area contributed by atoms with Gasteiger partial charge in [-0.3, -0.25) is 0 Å². The molecule has 0 aliphatic rings. The van der Waals surface area contributed by atoms with Crippen LogP contribution in [0.4, 0.5) is 0 Å². The Bertz CT molecular complexity index is 672. The zero-order valence-corrected chi connectivity index (χ0v) is 12.3. The van der Waals surface area contributed by atoms with E-state index in [9.17, 15) is 19.8 Å². The molecule has 2 aromatic carbocycles. The van der Waals surface area contributed by atoms with Crippen molar-refractivity contribution in [1.82, 2.24) is 0 Å². The van der Waals surface area contributed by atoms with E-state index < -0.39 is 11.9 Å². The number of benzene rings is 2. The van der Waals surface area contributed by atoms with E-state index in [1.165, 1.54) is 0 Å². The number of aliphatic carboxylic acids is 2. The molecule has 0 spiro atoms. The molecule has 0 aliphatic carbocycles. The Hall–Kier alpha value is -2.88. The summed E-state index contributed by atoms with van der Waals surface area (Å²) in [4.78, 5) is 23.3. The van der Waals surface area contributed by atoms with Crippen LogP contribution in [0.1, 0.15) is 22.3 Å². The average molecular weight is 296 g/mol. The second-order valence-corrected chi connectivity index (χ2v) is 5.09. The first-order valence-corrected chi connectivity index (χ1v) is 6.75. The van der Waals surface area contributed by atoms with Crippen LogP contribution in [0.5, 0.6) is 0 Å². The van der Waals surface area contributed by atoms with Gasteiger partial charge in [0.25, 0.3) is 0 Å². The maximum absolute atomic E-state index is 11.6. The number of carboxylic acids is 2. The molecule has 0 radical (unpaired) electrons. The lowest BCUT2D eigenvalue weighted by atomic mass is 9.93. The van der Waals surface area contributed by atoms with Crippen molar-refractivity contribution >= 4 is 23.1 Å². The Morgan fingerprint density at radius 3 is 1.14 bits per heavy atom. The SMILES string of the molecule is Cc1ccc(C(C(=O)O)=C(C(=O)O)c2ccc(C)cc2)cc1. The van der Waals surface area contributed by atoms with Gasteiger partial charge in [0, 0.05) is 0 Å². The van der Waals surface area contributed by atoms with Gasteiger partial charge in [-0.05, 0) is 25.0 Å². The Morgan fingerprint density at radius 2 is 0.909 bits per heavy atom. The van der Waals surface area contributed by atoms with Crippen molar-refractivity contribution in [3.63, 3.8) is 0 Å². The minimum absolute atomic E-state index is 0.212. The summed E-state index contributed by atoms with van der Waals surface area (Å²) in [7, 11) is 0. The lowest BCUT2D eigenvalue weighted by Crippen LogP contribution is -2.10. The van der Waals surface area contributed by atoms with Gasteiger partial charge in [0.15, 0.2) is 0 Å². The molecule has 0 fully saturated rings. The summed E-state index contributed by atoms with van der Waals surface area (Å²) in [6.45, 7) is 3.76. The van der Waals surface area contributed by atoms with Crippen molar-refractivity contribution in [2.75, 3.05) is 0 Å². The van der Waals surface area contributed by atoms with E-state index in [0.29, 0.717) is 11.1 Å². The van der Waals surface area contributed by atoms with Gasteiger partial charge < -0.3 is 10.2 Å². The fourth-order valence-electron chi connectivity index (χ4n) is 2.19. The Balaban J connectivity index is 2.73. The summed E-state index contributed by atoms with van der Waals surface area (Å²) in [5.74, 6) is -2.52. The highest BCUT2D eigenvalue weighted by Gasteiger charge is 2.23. The van der Waals surface area contributed by atoms with E-state index in [2.05, 4.69) is 0 Å². The van der Waals surface area contributed by atoms with Gasteiger partial charge in [-0.15, -0.1) is 0 Å². The lowest BCUT2D eigenvalue weighted by Gasteiger charge is -2.10. The van der Waals surface area contributed by atoms with E-state index >= 15 is 0 Å². The summed E-state index contributed by atoms with van der Waals surface area (Å²) >= 11 is 0. The van der Waals surface area contributed by atoms with Gasteiger partial charge in [-0.2, -0.15) is 0 Å². The lowest BCUT2D eigenvalue weighted by molar-refractivity contribution is -0.132. The monoisotopic (exact) mass is 296 g/mol. The molecule has 0 saturated heterocycles. The molecule has 4 heteroatoms. The topological polar surface area (TPSA) is 74.6 Å². The summed E-state index contributed by atoms with van der Waals surface area (Å²) in [5, 5.41) is 19.0. The van der Waals surface area contributed by atoms with Crippen LogP contribution in [-0.4, -0.2) is 22.2 Å². The quantitative estimate of drug-likeness (QED) is 0.670. The van der Waals surface area contributed by atoms with Crippen molar-refractivity contribution in [1.29, 1.82) is 0 Å². The van der Waals surface area contributed by atoms with Gasteiger partial charge in [-0.1, -0.05) is 59.7 Å². The number of carboxylic acid groups (broad SMARTS) is 2. The molecule has 0 heterocycles. The molecule has 0 amide bonds. The molecule has 4 nitrogen and oxygen atoms in total. The molecule has 2 N–H and O–H groups in total. The normalized spacial score (nSPS) is 11.7. The van der Waals surface area contributed by atoms with Crippen LogP contribution in [-0.2, 0) is 9.59 Å². The number of hydrogen-bond acceptors (Lipinski definition) is 2. The largest absolute Gasteiger partial charge is 0.478 e. The van der Waals surface area contributed by atoms with Crippen LogP contribution in [0.2, 0.25) is 0 Å². The second-order valence-electron chi connectivity index (χ2n) is 5.09. The molecule has 2 aromatic rings. The molecule has 0 unspecified atom stereocenters. The minimum atomic E-state index is -1.26. The predicted octanol–water partition coefficient (Wildman–Crippen LogP) is 3.38. The third-order valence-electron chi connectivity index (χ3n) is 3.36. The fraction of sp³-hybridized carbons (Fsp3) is 0.111. The molecule has 0 saturated carbocycles. The first kappa shape index (κ1) is 15.5. The van der Waals surface area contributed by atoms with Crippen molar-refractivity contribution in [3.8, 4) is 0 Å². The summed E-state index contributed by atoms with van der Waals surface area (Å²) in [6.07, 6.45) is 0. The Morgan fingerprint density at radius 1 is 0.636 bits per heavy atom. The Labute approximate surface area is 128 Å². The number of hydrogen-bond donors (Lipinski definition) is 2. The maximum Gasteiger partial charge on any atom is 0.337 e. The van der Waals surface area contributed by atoms with Crippen molar-refractivity contribution < 1.29 is 19.8 Å². The standard InChI is InChI=1S/C18H16O4/c1-11-3-7-13(8-4-11)15(17(19)20)16(18(21)22)14-9-5-12(2)6-10-14/h3-10H,1-2H3,(H,19,20)(H,21,22). The van der Waals surface area contributed by atoms with Gasteiger partial charge in [0.2, 0.25) is 0 Å². The molecule has 0 bridgehead atoms. The first-order valence-electron chi connectivity index (χ1n) is 6.75. The van der Waals surface area contributed by atoms with Crippen LogP contribution < -0.4 is 0 Å². The second kappa shape index (κ2) is 6.26. The summed E-state index contributed by atoms with van der Waals surface area (Å²) < 4.78 is 0. The van der Waals surface area contributed by atoms with Gasteiger partial charge in [0.1, 0.15) is 0 Å². The smallest absolute Gasteiger partial charge is 0.337 e. The van der Waals surface area contributed by atoms with E-state index in [4.69, 9.17) is 0 Å². The van der Waals surface area contributed by atoms with E-state index in [1.54, 1.807) is 48.5 Å². The van der Waals surface area contributed by atoms with Crippen LogP contribution in [0.25, 0.3) is 11.1 Å². The fourth-order valence-corrected chi connectivity index (χ4v) is 2.19. The average Bonchev–Trinajstić information content (AvgIpc) is 2.46. The predicted molar refractivity (Wildman–Crippen MR) is 84.4 cm³/mol. The summed E-state index contributed by atoms with van der Waals surface area (Å²) in [5.41, 5.74) is 2.27. The molecule has 0 atom stereocenters. The highest BCUT2D eigenvalue weighted by molar-refractivity contribution is 6.36. The zero-order valence-electron chi connectivity index (χ0n) is 12.3. The van der Waals surface area contributed by atoms with Crippen molar-refractivity contribution in [2.45, 2.75) is 13.8 Å². The zero-order chi connectivity index (χ0) is 16.3.